The lowest BCUT2D eigenvalue weighted by atomic mass is 9.84. The fourth-order valence-electron chi connectivity index (χ4n) is 4.17. The maximum atomic E-state index is 11.8. The van der Waals surface area contributed by atoms with Gasteiger partial charge in [-0.2, -0.15) is 0 Å². The maximum absolute atomic E-state index is 11.8. The van der Waals surface area contributed by atoms with E-state index < -0.39 is 0 Å². The van der Waals surface area contributed by atoms with Crippen LogP contribution in [0.15, 0.2) is 18.2 Å². The van der Waals surface area contributed by atoms with Gasteiger partial charge in [-0.15, -0.1) is 0 Å². The molecule has 1 atom stereocenters. The highest BCUT2D eigenvalue weighted by Gasteiger charge is 2.17. The van der Waals surface area contributed by atoms with Gasteiger partial charge in [0.1, 0.15) is 5.75 Å². The molecule has 0 fully saturated rings. The molecule has 0 radical (unpaired) electrons. The minimum absolute atomic E-state index is 0.168. The van der Waals surface area contributed by atoms with Gasteiger partial charge in [-0.3, -0.25) is 14.4 Å². The first-order chi connectivity index (χ1) is 16.9. The number of methoxy groups -OCH3 is 1. The Hall–Kier alpha value is -2.77. The highest BCUT2D eigenvalue weighted by atomic mass is 16.5. The number of benzene rings is 1. The molecule has 0 saturated heterocycles. The molecule has 0 aliphatic carbocycles. The van der Waals surface area contributed by atoms with Crippen molar-refractivity contribution in [2.45, 2.75) is 80.1 Å². The van der Waals surface area contributed by atoms with E-state index in [1.54, 1.807) is 6.92 Å². The Morgan fingerprint density at radius 1 is 1.06 bits per heavy atom. The second-order valence-corrected chi connectivity index (χ2v) is 10.4. The molecule has 36 heavy (non-hydrogen) atoms. The van der Waals surface area contributed by atoms with Crippen molar-refractivity contribution in [2.24, 2.45) is 11.3 Å². The van der Waals surface area contributed by atoms with E-state index in [0.29, 0.717) is 69.3 Å². The van der Waals surface area contributed by atoms with E-state index in [-0.39, 0.29) is 23.3 Å². The van der Waals surface area contributed by atoms with Crippen LogP contribution in [0.4, 0.5) is 11.4 Å². The molecular weight excluding hydrogens is 460 g/mol. The number of anilines is 2. The van der Waals surface area contributed by atoms with Gasteiger partial charge >= 0.3 is 11.9 Å². The summed E-state index contributed by atoms with van der Waals surface area (Å²) < 4.78 is 16.0. The summed E-state index contributed by atoms with van der Waals surface area (Å²) in [4.78, 5) is 37.3. The third-order valence-corrected chi connectivity index (χ3v) is 5.62. The standard InChI is InChI=1S/C28H46N2O6/c1-8-35-27(33)12-10-17-30(16-9-11-26(32)34-7)23-13-14-24(29-22(3)31)25(19-23)36-18-15-21(2)20-28(4,5)6/h13-14,19,21H,8-12,15-18,20H2,1-7H3,(H,29,31). The first kappa shape index (κ1) is 31.3. The Morgan fingerprint density at radius 2 is 1.69 bits per heavy atom. The Morgan fingerprint density at radius 3 is 2.25 bits per heavy atom. The minimum atomic E-state index is -0.254. The number of hydrogen-bond donors (Lipinski definition) is 1. The predicted molar refractivity (Wildman–Crippen MR) is 143 cm³/mol. The molecule has 1 aromatic carbocycles. The highest BCUT2D eigenvalue weighted by Crippen LogP contribution is 2.32. The van der Waals surface area contributed by atoms with Crippen molar-refractivity contribution >= 4 is 29.2 Å². The topological polar surface area (TPSA) is 94.2 Å². The monoisotopic (exact) mass is 506 g/mol. The van der Waals surface area contributed by atoms with E-state index in [1.165, 1.54) is 14.0 Å². The summed E-state index contributed by atoms with van der Waals surface area (Å²) in [5, 5.41) is 2.85. The molecule has 1 rings (SSSR count). The molecule has 1 unspecified atom stereocenters. The number of carbonyl (C=O) groups excluding carboxylic acids is 3. The lowest BCUT2D eigenvalue weighted by molar-refractivity contribution is -0.143. The number of nitrogens with zero attached hydrogens (tertiary/aromatic N) is 1. The zero-order chi connectivity index (χ0) is 27.1. The average molecular weight is 507 g/mol. The third kappa shape index (κ3) is 13.4. The highest BCUT2D eigenvalue weighted by molar-refractivity contribution is 5.90. The van der Waals surface area contributed by atoms with Crippen molar-refractivity contribution in [3.8, 4) is 5.75 Å². The van der Waals surface area contributed by atoms with Crippen LogP contribution in [0.5, 0.6) is 5.75 Å². The molecule has 1 N–H and O–H groups in total. The molecule has 8 nitrogen and oxygen atoms in total. The number of nitrogens with one attached hydrogen (secondary N) is 1. The van der Waals surface area contributed by atoms with Crippen molar-refractivity contribution in [3.63, 3.8) is 0 Å². The second kappa shape index (κ2) is 16.1. The normalized spacial score (nSPS) is 12.0. The summed E-state index contributed by atoms with van der Waals surface area (Å²) >= 11 is 0. The zero-order valence-corrected chi connectivity index (χ0v) is 23.3. The van der Waals surface area contributed by atoms with Crippen LogP contribution in [0.3, 0.4) is 0 Å². The van der Waals surface area contributed by atoms with E-state index in [9.17, 15) is 14.4 Å². The molecule has 1 aromatic rings. The first-order valence-electron chi connectivity index (χ1n) is 13.0. The first-order valence-corrected chi connectivity index (χ1v) is 13.0. The Labute approximate surface area is 217 Å². The molecule has 8 heteroatoms. The number of hydrogen-bond acceptors (Lipinski definition) is 7. The lowest BCUT2D eigenvalue weighted by Crippen LogP contribution is -2.27. The van der Waals surface area contributed by atoms with Gasteiger partial charge in [0.05, 0.1) is 26.0 Å². The summed E-state index contributed by atoms with van der Waals surface area (Å²) in [5.41, 5.74) is 1.78. The van der Waals surface area contributed by atoms with Gasteiger partial charge in [-0.1, -0.05) is 27.7 Å². The van der Waals surface area contributed by atoms with E-state index in [2.05, 4.69) is 37.9 Å². The molecule has 0 spiro atoms. The Balaban J connectivity index is 3.01. The van der Waals surface area contributed by atoms with Crippen LogP contribution >= 0.6 is 0 Å². The molecule has 0 aromatic heterocycles. The summed E-state index contributed by atoms with van der Waals surface area (Å²) in [6, 6.07) is 5.67. The fraction of sp³-hybridized carbons (Fsp3) is 0.679. The number of carbonyl (C=O) groups is 3. The smallest absolute Gasteiger partial charge is 0.305 e. The van der Waals surface area contributed by atoms with Gasteiger partial charge in [0.15, 0.2) is 0 Å². The largest absolute Gasteiger partial charge is 0.491 e. The molecule has 0 saturated carbocycles. The zero-order valence-electron chi connectivity index (χ0n) is 23.3. The van der Waals surface area contributed by atoms with E-state index in [4.69, 9.17) is 14.2 Å². The van der Waals surface area contributed by atoms with E-state index in [1.807, 2.05) is 18.2 Å². The van der Waals surface area contributed by atoms with Crippen molar-refractivity contribution in [2.75, 3.05) is 43.6 Å². The Kier molecular flexibility index (Phi) is 14.0. The third-order valence-electron chi connectivity index (χ3n) is 5.62. The minimum Gasteiger partial charge on any atom is -0.491 e. The van der Waals surface area contributed by atoms with Crippen LogP contribution < -0.4 is 15.0 Å². The van der Waals surface area contributed by atoms with Crippen molar-refractivity contribution in [1.29, 1.82) is 0 Å². The molecular formula is C28H46N2O6. The van der Waals surface area contributed by atoms with Gasteiger partial charge in [0, 0.05) is 44.6 Å². The molecule has 0 aliphatic rings. The van der Waals surface area contributed by atoms with Gasteiger partial charge in [0.25, 0.3) is 0 Å². The SMILES string of the molecule is CCOC(=O)CCCN(CCCC(=O)OC)c1ccc(NC(C)=O)c(OCCC(C)CC(C)(C)C)c1. The summed E-state index contributed by atoms with van der Waals surface area (Å²) in [6.07, 6.45) is 3.86. The van der Waals surface area contributed by atoms with E-state index in [0.717, 1.165) is 18.5 Å². The van der Waals surface area contributed by atoms with E-state index >= 15 is 0 Å². The quantitative estimate of drug-likeness (QED) is 0.292. The van der Waals surface area contributed by atoms with Gasteiger partial charge in [-0.05, 0) is 56.1 Å². The average Bonchev–Trinajstić information content (AvgIpc) is 2.77. The molecule has 1 amide bonds. The number of rotatable bonds is 16. The van der Waals surface area contributed by atoms with Gasteiger partial charge in [0.2, 0.25) is 5.91 Å². The van der Waals surface area contributed by atoms with Gasteiger partial charge < -0.3 is 24.4 Å². The Bertz CT molecular complexity index is 834. The van der Waals surface area contributed by atoms with Crippen LogP contribution in [-0.2, 0) is 23.9 Å². The molecule has 204 valence electrons. The summed E-state index contributed by atoms with van der Waals surface area (Å²) in [5.74, 6) is 0.472. The summed E-state index contributed by atoms with van der Waals surface area (Å²) in [6.45, 7) is 14.3. The predicted octanol–water partition coefficient (Wildman–Crippen LogP) is 5.59. The molecule has 0 aliphatic heterocycles. The number of esters is 2. The molecule has 0 bridgehead atoms. The van der Waals surface area contributed by atoms with Crippen LogP contribution in [0.25, 0.3) is 0 Å². The van der Waals surface area contributed by atoms with Crippen LogP contribution in [-0.4, -0.2) is 51.3 Å². The van der Waals surface area contributed by atoms with Crippen LogP contribution in [0.1, 0.15) is 80.1 Å². The van der Waals surface area contributed by atoms with Crippen LogP contribution in [0, 0.1) is 11.3 Å². The van der Waals surface area contributed by atoms with Gasteiger partial charge in [-0.25, -0.2) is 0 Å². The van der Waals surface area contributed by atoms with Crippen LogP contribution in [0.2, 0.25) is 0 Å². The molecule has 0 heterocycles. The number of amides is 1. The lowest BCUT2D eigenvalue weighted by Gasteiger charge is -2.26. The van der Waals surface area contributed by atoms with Crippen molar-refractivity contribution < 1.29 is 28.6 Å². The van der Waals surface area contributed by atoms with Crippen molar-refractivity contribution in [3.05, 3.63) is 18.2 Å². The number of ether oxygens (including phenoxy) is 3. The fourth-order valence-corrected chi connectivity index (χ4v) is 4.17. The summed E-state index contributed by atoms with van der Waals surface area (Å²) in [7, 11) is 1.38. The maximum Gasteiger partial charge on any atom is 0.305 e. The second-order valence-electron chi connectivity index (χ2n) is 10.4. The van der Waals surface area contributed by atoms with Crippen molar-refractivity contribution in [1.82, 2.24) is 0 Å².